The maximum Gasteiger partial charge on any atom is 0.249 e. The van der Waals surface area contributed by atoms with Crippen molar-refractivity contribution in [3.05, 3.63) is 364 Å². The normalized spacial score (nSPS) is 12.7. The third-order valence-corrected chi connectivity index (χ3v) is 22.1. The average molecular weight is 1280 g/mol. The van der Waals surface area contributed by atoms with Crippen LogP contribution in [0.1, 0.15) is 0 Å². The summed E-state index contributed by atoms with van der Waals surface area (Å²) >= 11 is 3.85. The number of anilines is 12. The van der Waals surface area contributed by atoms with Crippen LogP contribution in [-0.2, 0) is 0 Å². The molecule has 0 saturated heterocycles. The number of para-hydroxylation sites is 8. The van der Waals surface area contributed by atoms with Crippen molar-refractivity contribution in [1.82, 2.24) is 0 Å². The minimum Gasteiger partial charge on any atom is -0.310 e. The van der Waals surface area contributed by atoms with Crippen LogP contribution in [0.2, 0.25) is 0 Å². The summed E-state index contributed by atoms with van der Waals surface area (Å²) < 4.78 is 0. The molecular weight excluding hydrogens is 1220 g/mol. The SMILES string of the molecule is c1ccc(-c2cccc(-c3ccccc3)c2N2c3ccccc3B3c4cc5c(cc4Sc4cc(N(c6ccccc6)c6ccccc6)cc2c43)Sc2cc(N(c3ccccc3)c3ccccc3)cc3c2B5c2ccccc2N3c2c(-c3ccccc3)cccc2-c2ccccc2)cc1. The van der Waals surface area contributed by atoms with Gasteiger partial charge in [-0.25, -0.2) is 0 Å². The third kappa shape index (κ3) is 9.65. The Balaban J connectivity index is 0.875. The highest BCUT2D eigenvalue weighted by atomic mass is 32.2. The molecule has 4 heterocycles. The van der Waals surface area contributed by atoms with Crippen LogP contribution in [0.3, 0.4) is 0 Å². The van der Waals surface area contributed by atoms with Gasteiger partial charge in [-0.1, -0.05) is 307 Å². The number of benzene rings is 15. The van der Waals surface area contributed by atoms with Crippen LogP contribution in [0.4, 0.5) is 68.2 Å². The molecule has 0 aromatic heterocycles. The van der Waals surface area contributed by atoms with Gasteiger partial charge in [0, 0.05) is 98.7 Å². The summed E-state index contributed by atoms with van der Waals surface area (Å²) in [5.41, 5.74) is 30.6. The number of fused-ring (bicyclic) bond motifs is 8. The first-order valence-corrected chi connectivity index (χ1v) is 35.3. The maximum absolute atomic E-state index is 2.65. The van der Waals surface area contributed by atoms with Crippen molar-refractivity contribution in [3.8, 4) is 44.5 Å². The molecule has 0 amide bonds. The average Bonchev–Trinajstić information content (AvgIpc) is 0.696. The summed E-state index contributed by atoms with van der Waals surface area (Å²) in [6.45, 7) is -0.233. The Morgan fingerprint density at radius 2 is 0.500 bits per heavy atom. The molecule has 0 unspecified atom stereocenters. The van der Waals surface area contributed by atoms with Crippen LogP contribution >= 0.6 is 23.5 Å². The van der Waals surface area contributed by atoms with Gasteiger partial charge in [0.05, 0.1) is 11.4 Å². The van der Waals surface area contributed by atoms with Crippen molar-refractivity contribution in [3.63, 3.8) is 0 Å². The summed E-state index contributed by atoms with van der Waals surface area (Å²) in [5.74, 6) is 0. The lowest BCUT2D eigenvalue weighted by Gasteiger charge is -2.44. The molecule has 98 heavy (non-hydrogen) atoms. The van der Waals surface area contributed by atoms with Crippen molar-refractivity contribution < 1.29 is 0 Å². The Hall–Kier alpha value is -11.7. The van der Waals surface area contributed by atoms with E-state index in [0.29, 0.717) is 0 Å². The molecule has 0 bridgehead atoms. The van der Waals surface area contributed by atoms with Crippen LogP contribution in [-0.4, -0.2) is 13.4 Å². The summed E-state index contributed by atoms with van der Waals surface area (Å²) in [6, 6.07) is 135. The quantitative estimate of drug-likeness (QED) is 0.112. The zero-order chi connectivity index (χ0) is 64.6. The molecule has 0 fully saturated rings. The highest BCUT2D eigenvalue weighted by Crippen LogP contribution is 2.54. The van der Waals surface area contributed by atoms with E-state index in [1.54, 1.807) is 0 Å². The fourth-order valence-electron chi connectivity index (χ4n) is 15.8. The second-order valence-corrected chi connectivity index (χ2v) is 27.6. The van der Waals surface area contributed by atoms with E-state index in [9.17, 15) is 0 Å². The summed E-state index contributed by atoms with van der Waals surface area (Å²) in [5, 5.41) is 0. The first-order chi connectivity index (χ1) is 48.7. The van der Waals surface area contributed by atoms with Gasteiger partial charge in [-0.2, -0.15) is 0 Å². The van der Waals surface area contributed by atoms with Gasteiger partial charge in [0.2, 0.25) is 13.4 Å². The minimum absolute atomic E-state index is 0.117. The number of hydrogen-bond donors (Lipinski definition) is 0. The number of rotatable bonds is 12. The fraction of sp³-hybridized carbons (Fsp3) is 0. The van der Waals surface area contributed by atoms with Gasteiger partial charge in [0.15, 0.2) is 0 Å². The molecule has 15 aromatic rings. The van der Waals surface area contributed by atoms with E-state index in [1.807, 2.05) is 23.5 Å². The van der Waals surface area contributed by atoms with E-state index < -0.39 is 0 Å². The molecule has 0 N–H and O–H groups in total. The molecule has 15 aromatic carbocycles. The van der Waals surface area contributed by atoms with Crippen molar-refractivity contribution >= 4 is 138 Å². The Morgan fingerprint density at radius 1 is 0.214 bits per heavy atom. The predicted molar refractivity (Wildman–Crippen MR) is 417 cm³/mol. The molecule has 0 saturated carbocycles. The van der Waals surface area contributed by atoms with E-state index >= 15 is 0 Å². The summed E-state index contributed by atoms with van der Waals surface area (Å²) in [7, 11) is 0. The van der Waals surface area contributed by atoms with Crippen molar-refractivity contribution in [2.75, 3.05) is 19.6 Å². The molecule has 4 aliphatic rings. The maximum atomic E-state index is 2.65. The molecule has 0 spiro atoms. The zero-order valence-electron chi connectivity index (χ0n) is 53.4. The standard InChI is InChI=1S/C90H60B2N4S2/c1-9-31-61(32-10-1)71-47-29-48-72(62-33-11-2-12-34-62)89(71)95-79-53-27-25-51-75(79)91-77-59-78-84(60-83(77)97-85-57-69(55-81(95)87(85)91)93(65-39-17-5-18-40-65)66-41-19-6-20-42-66)98-86-58-70(94(67-43-21-7-22-44-67)68-45-23-8-24-46-68)56-82-88(86)92(78)76-52-26-28-54-80(76)96(82)90-73(63-35-13-3-14-36-63)49-30-50-74(90)64-37-15-4-16-38-64/h1-60H. The first-order valence-electron chi connectivity index (χ1n) is 33.6. The van der Waals surface area contributed by atoms with E-state index in [1.165, 1.54) is 52.4 Å². The van der Waals surface area contributed by atoms with Gasteiger partial charge < -0.3 is 19.6 Å². The summed E-state index contributed by atoms with van der Waals surface area (Å²) in [6.07, 6.45) is 0. The molecule has 4 aliphatic heterocycles. The smallest absolute Gasteiger partial charge is 0.249 e. The minimum atomic E-state index is -0.117. The second kappa shape index (κ2) is 24.2. The van der Waals surface area contributed by atoms with Gasteiger partial charge in [-0.05, 0) is 135 Å². The lowest BCUT2D eigenvalue weighted by Crippen LogP contribution is -2.63. The molecule has 8 heteroatoms. The molecular formula is C90H60B2N4S2. The van der Waals surface area contributed by atoms with Crippen LogP contribution in [0.25, 0.3) is 44.5 Å². The van der Waals surface area contributed by atoms with E-state index in [0.717, 1.165) is 113 Å². The Kier molecular flexibility index (Phi) is 14.3. The van der Waals surface area contributed by atoms with E-state index in [-0.39, 0.29) is 13.4 Å². The lowest BCUT2D eigenvalue weighted by molar-refractivity contribution is 1.22. The van der Waals surface area contributed by atoms with Gasteiger partial charge >= 0.3 is 0 Å². The van der Waals surface area contributed by atoms with Gasteiger partial charge in [-0.3, -0.25) is 0 Å². The lowest BCUT2D eigenvalue weighted by atomic mass is 9.32. The van der Waals surface area contributed by atoms with E-state index in [2.05, 4.69) is 384 Å². The zero-order valence-corrected chi connectivity index (χ0v) is 55.0. The largest absolute Gasteiger partial charge is 0.310 e. The van der Waals surface area contributed by atoms with Crippen molar-refractivity contribution in [2.24, 2.45) is 0 Å². The predicted octanol–water partition coefficient (Wildman–Crippen LogP) is 20.8. The Bertz CT molecular complexity index is 5000. The van der Waals surface area contributed by atoms with Gasteiger partial charge in [0.25, 0.3) is 0 Å². The second-order valence-electron chi connectivity index (χ2n) is 25.4. The van der Waals surface area contributed by atoms with Crippen LogP contribution in [0, 0.1) is 0 Å². The Morgan fingerprint density at radius 3 is 0.816 bits per heavy atom. The molecule has 0 atom stereocenters. The van der Waals surface area contributed by atoms with Crippen molar-refractivity contribution in [2.45, 2.75) is 19.6 Å². The van der Waals surface area contributed by atoms with Crippen LogP contribution in [0.15, 0.2) is 384 Å². The van der Waals surface area contributed by atoms with E-state index in [4.69, 9.17) is 0 Å². The monoisotopic (exact) mass is 1280 g/mol. The highest BCUT2D eigenvalue weighted by Gasteiger charge is 2.47. The third-order valence-electron chi connectivity index (χ3n) is 19.9. The highest BCUT2D eigenvalue weighted by molar-refractivity contribution is 8.01. The molecule has 458 valence electrons. The Labute approximate surface area is 581 Å². The number of hydrogen-bond acceptors (Lipinski definition) is 6. The molecule has 4 nitrogen and oxygen atoms in total. The number of nitrogens with zero attached hydrogens (tertiary/aromatic N) is 4. The van der Waals surface area contributed by atoms with Crippen LogP contribution < -0.4 is 52.4 Å². The summed E-state index contributed by atoms with van der Waals surface area (Å²) in [4.78, 5) is 15.2. The van der Waals surface area contributed by atoms with Gasteiger partial charge in [-0.15, -0.1) is 0 Å². The van der Waals surface area contributed by atoms with Gasteiger partial charge in [0.1, 0.15) is 0 Å². The van der Waals surface area contributed by atoms with Crippen LogP contribution in [0.5, 0.6) is 0 Å². The molecule has 0 radical (unpaired) electrons. The van der Waals surface area contributed by atoms with Crippen molar-refractivity contribution in [1.29, 1.82) is 0 Å². The fourth-order valence-corrected chi connectivity index (χ4v) is 18.3. The first kappa shape index (κ1) is 57.7. The molecule has 19 rings (SSSR count). The molecule has 0 aliphatic carbocycles. The topological polar surface area (TPSA) is 13.0 Å².